The first-order chi connectivity index (χ1) is 7.19. The van der Waals surface area contributed by atoms with Crippen LogP contribution in [0, 0.1) is 0 Å². The summed E-state index contributed by atoms with van der Waals surface area (Å²) in [5, 5.41) is 9.44. The van der Waals surface area contributed by atoms with E-state index < -0.39 is 6.10 Å². The molecule has 84 valence electrons. The molecular formula is C12H18O3. The van der Waals surface area contributed by atoms with Gasteiger partial charge in [-0.25, -0.2) is 0 Å². The van der Waals surface area contributed by atoms with E-state index in [1.165, 1.54) is 0 Å². The van der Waals surface area contributed by atoms with Gasteiger partial charge in [0.2, 0.25) is 0 Å². The Hall–Kier alpha value is -1.22. The summed E-state index contributed by atoms with van der Waals surface area (Å²) in [5.74, 6) is 1.39. The Morgan fingerprint density at radius 2 is 2.07 bits per heavy atom. The van der Waals surface area contributed by atoms with E-state index in [1.807, 2.05) is 25.1 Å². The highest BCUT2D eigenvalue weighted by molar-refractivity contribution is 5.43. The molecular weight excluding hydrogens is 192 g/mol. The lowest BCUT2D eigenvalue weighted by molar-refractivity contribution is 0.198. The van der Waals surface area contributed by atoms with E-state index in [4.69, 9.17) is 9.47 Å². The van der Waals surface area contributed by atoms with Crippen LogP contribution in [0.5, 0.6) is 11.5 Å². The van der Waals surface area contributed by atoms with Crippen molar-refractivity contribution in [3.05, 3.63) is 23.8 Å². The maximum atomic E-state index is 9.44. The number of aliphatic hydroxyl groups is 1. The van der Waals surface area contributed by atoms with Gasteiger partial charge < -0.3 is 14.6 Å². The molecule has 1 aromatic carbocycles. The number of rotatable bonds is 5. The molecule has 0 amide bonds. The third-order valence-corrected chi connectivity index (χ3v) is 2.13. The number of aliphatic hydroxyl groups excluding tert-OH is 1. The van der Waals surface area contributed by atoms with Gasteiger partial charge in [0.1, 0.15) is 0 Å². The predicted molar refractivity (Wildman–Crippen MR) is 59.4 cm³/mol. The van der Waals surface area contributed by atoms with Gasteiger partial charge in [0.05, 0.1) is 19.8 Å². The van der Waals surface area contributed by atoms with Crippen molar-refractivity contribution >= 4 is 0 Å². The van der Waals surface area contributed by atoms with E-state index in [1.54, 1.807) is 14.0 Å². The van der Waals surface area contributed by atoms with Crippen LogP contribution in [-0.2, 0) is 0 Å². The van der Waals surface area contributed by atoms with Crippen LogP contribution in [0.2, 0.25) is 0 Å². The zero-order chi connectivity index (χ0) is 11.3. The van der Waals surface area contributed by atoms with Gasteiger partial charge >= 0.3 is 0 Å². The SMILES string of the molecule is CCCOc1cc([C@H](C)O)ccc1OC. The quantitative estimate of drug-likeness (QED) is 0.811. The third kappa shape index (κ3) is 3.13. The minimum absolute atomic E-state index is 0.486. The van der Waals surface area contributed by atoms with Crippen LogP contribution in [0.3, 0.4) is 0 Å². The van der Waals surface area contributed by atoms with Crippen LogP contribution in [-0.4, -0.2) is 18.8 Å². The lowest BCUT2D eigenvalue weighted by Gasteiger charge is -2.12. The fraction of sp³-hybridized carbons (Fsp3) is 0.500. The highest BCUT2D eigenvalue weighted by Crippen LogP contribution is 2.30. The molecule has 0 aliphatic rings. The van der Waals surface area contributed by atoms with Gasteiger partial charge in [0, 0.05) is 0 Å². The molecule has 1 rings (SSSR count). The van der Waals surface area contributed by atoms with E-state index in [-0.39, 0.29) is 0 Å². The summed E-state index contributed by atoms with van der Waals surface area (Å²) in [7, 11) is 1.61. The summed E-state index contributed by atoms with van der Waals surface area (Å²) < 4.78 is 10.7. The van der Waals surface area contributed by atoms with Gasteiger partial charge in [0.25, 0.3) is 0 Å². The Morgan fingerprint density at radius 3 is 2.60 bits per heavy atom. The normalized spacial score (nSPS) is 12.3. The van der Waals surface area contributed by atoms with Gasteiger partial charge in [-0.2, -0.15) is 0 Å². The van der Waals surface area contributed by atoms with E-state index in [0.717, 1.165) is 12.0 Å². The Balaban J connectivity index is 2.91. The first-order valence-corrected chi connectivity index (χ1v) is 5.17. The summed E-state index contributed by atoms with van der Waals surface area (Å²) in [6, 6.07) is 5.47. The lowest BCUT2D eigenvalue weighted by Crippen LogP contribution is -2.00. The standard InChI is InChI=1S/C12H18O3/c1-4-7-15-12-8-10(9(2)13)5-6-11(12)14-3/h5-6,8-9,13H,4,7H2,1-3H3/t9-/m0/s1. The maximum absolute atomic E-state index is 9.44. The zero-order valence-electron chi connectivity index (χ0n) is 9.49. The van der Waals surface area contributed by atoms with E-state index in [0.29, 0.717) is 18.1 Å². The summed E-state index contributed by atoms with van der Waals surface area (Å²) >= 11 is 0. The van der Waals surface area contributed by atoms with Crippen molar-refractivity contribution in [3.8, 4) is 11.5 Å². The van der Waals surface area contributed by atoms with Crippen LogP contribution in [0.4, 0.5) is 0 Å². The van der Waals surface area contributed by atoms with Gasteiger partial charge in [-0.15, -0.1) is 0 Å². The average Bonchev–Trinajstić information content (AvgIpc) is 2.25. The fourth-order valence-corrected chi connectivity index (χ4v) is 1.28. The Morgan fingerprint density at radius 1 is 1.33 bits per heavy atom. The summed E-state index contributed by atoms with van der Waals surface area (Å²) in [4.78, 5) is 0. The minimum atomic E-state index is -0.486. The second-order valence-electron chi connectivity index (χ2n) is 3.43. The van der Waals surface area contributed by atoms with E-state index in [9.17, 15) is 5.11 Å². The Labute approximate surface area is 90.6 Å². The van der Waals surface area contributed by atoms with Crippen molar-refractivity contribution in [3.63, 3.8) is 0 Å². The minimum Gasteiger partial charge on any atom is -0.493 e. The van der Waals surface area contributed by atoms with Crippen LogP contribution >= 0.6 is 0 Å². The van der Waals surface area contributed by atoms with Crippen molar-refractivity contribution < 1.29 is 14.6 Å². The Bertz CT molecular complexity index is 308. The number of hydrogen-bond acceptors (Lipinski definition) is 3. The predicted octanol–water partition coefficient (Wildman–Crippen LogP) is 2.54. The number of hydrogen-bond donors (Lipinski definition) is 1. The third-order valence-electron chi connectivity index (χ3n) is 2.13. The molecule has 0 bridgehead atoms. The molecule has 15 heavy (non-hydrogen) atoms. The second kappa shape index (κ2) is 5.61. The van der Waals surface area contributed by atoms with Crippen LogP contribution in [0.25, 0.3) is 0 Å². The molecule has 1 atom stereocenters. The van der Waals surface area contributed by atoms with Gasteiger partial charge in [0.15, 0.2) is 11.5 Å². The molecule has 3 heteroatoms. The van der Waals surface area contributed by atoms with Gasteiger partial charge in [-0.1, -0.05) is 13.0 Å². The summed E-state index contributed by atoms with van der Waals surface area (Å²) in [6.07, 6.45) is 0.460. The van der Waals surface area contributed by atoms with Gasteiger partial charge in [-0.3, -0.25) is 0 Å². The molecule has 0 spiro atoms. The number of benzene rings is 1. The molecule has 0 unspecified atom stereocenters. The number of ether oxygens (including phenoxy) is 2. The highest BCUT2D eigenvalue weighted by Gasteiger charge is 2.08. The molecule has 3 nitrogen and oxygen atoms in total. The first-order valence-electron chi connectivity index (χ1n) is 5.17. The molecule has 1 N–H and O–H groups in total. The molecule has 0 radical (unpaired) electrons. The molecule has 0 aliphatic carbocycles. The van der Waals surface area contributed by atoms with Crippen molar-refractivity contribution in [2.24, 2.45) is 0 Å². The van der Waals surface area contributed by atoms with E-state index >= 15 is 0 Å². The maximum Gasteiger partial charge on any atom is 0.161 e. The molecule has 0 fully saturated rings. The number of methoxy groups -OCH3 is 1. The van der Waals surface area contributed by atoms with Crippen LogP contribution < -0.4 is 9.47 Å². The molecule has 1 aromatic rings. The second-order valence-corrected chi connectivity index (χ2v) is 3.43. The largest absolute Gasteiger partial charge is 0.493 e. The van der Waals surface area contributed by atoms with E-state index in [2.05, 4.69) is 0 Å². The molecule has 0 aliphatic heterocycles. The smallest absolute Gasteiger partial charge is 0.161 e. The molecule has 0 heterocycles. The summed E-state index contributed by atoms with van der Waals surface area (Å²) in [5.41, 5.74) is 0.835. The zero-order valence-corrected chi connectivity index (χ0v) is 9.49. The van der Waals surface area contributed by atoms with Crippen molar-refractivity contribution in [1.82, 2.24) is 0 Å². The fourth-order valence-electron chi connectivity index (χ4n) is 1.28. The van der Waals surface area contributed by atoms with Crippen molar-refractivity contribution in [2.75, 3.05) is 13.7 Å². The molecule has 0 aromatic heterocycles. The molecule has 0 saturated carbocycles. The topological polar surface area (TPSA) is 38.7 Å². The first kappa shape index (κ1) is 11.9. The Kier molecular flexibility index (Phi) is 4.43. The van der Waals surface area contributed by atoms with Crippen molar-refractivity contribution in [2.45, 2.75) is 26.4 Å². The van der Waals surface area contributed by atoms with Crippen LogP contribution in [0.1, 0.15) is 31.9 Å². The monoisotopic (exact) mass is 210 g/mol. The molecule has 0 saturated heterocycles. The van der Waals surface area contributed by atoms with Crippen LogP contribution in [0.15, 0.2) is 18.2 Å². The van der Waals surface area contributed by atoms with Gasteiger partial charge in [-0.05, 0) is 31.0 Å². The highest BCUT2D eigenvalue weighted by atomic mass is 16.5. The lowest BCUT2D eigenvalue weighted by atomic mass is 10.1. The summed E-state index contributed by atoms with van der Waals surface area (Å²) in [6.45, 7) is 4.43. The average molecular weight is 210 g/mol. The van der Waals surface area contributed by atoms with Crippen molar-refractivity contribution in [1.29, 1.82) is 0 Å².